The molecule has 0 bridgehead atoms. The highest BCUT2D eigenvalue weighted by Crippen LogP contribution is 2.28. The van der Waals surface area contributed by atoms with Crippen LogP contribution in [0, 0.1) is 5.82 Å². The van der Waals surface area contributed by atoms with Crippen molar-refractivity contribution in [2.75, 3.05) is 27.8 Å². The molecule has 0 unspecified atom stereocenters. The van der Waals surface area contributed by atoms with Gasteiger partial charge in [0.2, 0.25) is 16.9 Å². The first-order valence-corrected chi connectivity index (χ1v) is 11.6. The monoisotopic (exact) mass is 457 g/mol. The average molecular weight is 458 g/mol. The molecule has 0 aliphatic carbocycles. The van der Waals surface area contributed by atoms with E-state index in [0.29, 0.717) is 35.1 Å². The van der Waals surface area contributed by atoms with Gasteiger partial charge in [0.25, 0.3) is 0 Å². The molecule has 1 aliphatic heterocycles. The minimum absolute atomic E-state index is 0.0971. The van der Waals surface area contributed by atoms with Crippen LogP contribution in [-0.4, -0.2) is 34.3 Å². The molecule has 31 heavy (non-hydrogen) atoms. The smallest absolute Gasteiger partial charge is 0.227 e. The van der Waals surface area contributed by atoms with Crippen molar-refractivity contribution in [3.05, 3.63) is 54.3 Å². The Labute approximate surface area is 187 Å². The van der Waals surface area contributed by atoms with Crippen molar-refractivity contribution in [3.8, 4) is 0 Å². The Balaban J connectivity index is 1.21. The number of nitrogens with one attached hydrogen (secondary N) is 2. The number of hydrogen-bond donors (Lipinski definition) is 2. The molecule has 2 heterocycles. The summed E-state index contributed by atoms with van der Waals surface area (Å²) in [5.74, 6) is 0.273. The maximum atomic E-state index is 13.2. The molecule has 160 valence electrons. The first kappa shape index (κ1) is 21.3. The van der Waals surface area contributed by atoms with Gasteiger partial charge in [-0.3, -0.25) is 9.59 Å². The number of carbonyl (C=O) groups is 2. The largest absolute Gasteiger partial charge is 0.330 e. The second-order valence-corrected chi connectivity index (χ2v) is 9.17. The number of benzene rings is 2. The van der Waals surface area contributed by atoms with E-state index in [-0.39, 0.29) is 17.6 Å². The van der Waals surface area contributed by atoms with Crippen molar-refractivity contribution in [2.45, 2.75) is 23.6 Å². The number of anilines is 4. The van der Waals surface area contributed by atoms with Crippen molar-refractivity contribution >= 4 is 57.1 Å². The zero-order valence-electron chi connectivity index (χ0n) is 16.5. The van der Waals surface area contributed by atoms with Gasteiger partial charge in [0.1, 0.15) is 5.82 Å². The van der Waals surface area contributed by atoms with Gasteiger partial charge in [-0.2, -0.15) is 0 Å². The lowest BCUT2D eigenvalue weighted by Gasteiger charge is -2.16. The van der Waals surface area contributed by atoms with Crippen LogP contribution in [0.25, 0.3) is 0 Å². The van der Waals surface area contributed by atoms with E-state index in [2.05, 4.69) is 20.8 Å². The summed E-state index contributed by atoms with van der Waals surface area (Å²) in [6.07, 6.45) is 1.79. The lowest BCUT2D eigenvalue weighted by Crippen LogP contribution is -2.23. The molecule has 0 radical (unpaired) electrons. The van der Waals surface area contributed by atoms with Gasteiger partial charge in [-0.1, -0.05) is 29.2 Å². The van der Waals surface area contributed by atoms with E-state index in [0.717, 1.165) is 23.0 Å². The second kappa shape index (κ2) is 9.88. The fourth-order valence-electron chi connectivity index (χ4n) is 3.11. The third-order valence-electron chi connectivity index (χ3n) is 4.57. The molecular weight excluding hydrogens is 437 g/mol. The third kappa shape index (κ3) is 5.80. The molecule has 2 N–H and O–H groups in total. The van der Waals surface area contributed by atoms with Gasteiger partial charge in [-0.25, -0.2) is 4.39 Å². The van der Waals surface area contributed by atoms with Crippen molar-refractivity contribution < 1.29 is 14.0 Å². The fraction of sp³-hybridized carbons (Fsp3) is 0.238. The molecule has 1 fully saturated rings. The van der Waals surface area contributed by atoms with Crippen LogP contribution in [-0.2, 0) is 9.59 Å². The van der Waals surface area contributed by atoms with Gasteiger partial charge in [0.05, 0.1) is 0 Å². The van der Waals surface area contributed by atoms with Gasteiger partial charge in [0, 0.05) is 42.2 Å². The molecule has 0 spiro atoms. The maximum absolute atomic E-state index is 13.2. The minimum Gasteiger partial charge on any atom is -0.330 e. The normalized spacial score (nSPS) is 13.5. The highest BCUT2D eigenvalue weighted by atomic mass is 32.2. The minimum atomic E-state index is -0.325. The summed E-state index contributed by atoms with van der Waals surface area (Å²) in [7, 11) is 0. The topological polar surface area (TPSA) is 87.2 Å². The molecule has 1 saturated heterocycles. The number of hydrogen-bond acceptors (Lipinski definition) is 7. The van der Waals surface area contributed by atoms with E-state index in [1.54, 1.807) is 29.2 Å². The van der Waals surface area contributed by atoms with E-state index < -0.39 is 0 Å². The van der Waals surface area contributed by atoms with Crippen LogP contribution >= 0.6 is 23.1 Å². The highest BCUT2D eigenvalue weighted by Gasteiger charge is 2.21. The molecule has 4 rings (SSSR count). The van der Waals surface area contributed by atoms with Crippen LogP contribution in [0.5, 0.6) is 0 Å². The summed E-state index contributed by atoms with van der Waals surface area (Å²) in [5.41, 5.74) is 2.16. The molecule has 1 aromatic heterocycles. The Morgan fingerprint density at radius 1 is 1.16 bits per heavy atom. The predicted molar refractivity (Wildman–Crippen MR) is 122 cm³/mol. The second-order valence-electron chi connectivity index (χ2n) is 6.85. The lowest BCUT2D eigenvalue weighted by atomic mass is 10.2. The summed E-state index contributed by atoms with van der Waals surface area (Å²) < 4.78 is 14.0. The molecule has 1 aliphatic rings. The molecule has 3 aromatic rings. The Morgan fingerprint density at radius 2 is 2.00 bits per heavy atom. The zero-order chi connectivity index (χ0) is 21.6. The van der Waals surface area contributed by atoms with Crippen LogP contribution in [0.3, 0.4) is 0 Å². The Kier molecular flexibility index (Phi) is 6.78. The summed E-state index contributed by atoms with van der Waals surface area (Å²) in [4.78, 5) is 25.8. The van der Waals surface area contributed by atoms with Crippen molar-refractivity contribution in [2.24, 2.45) is 0 Å². The van der Waals surface area contributed by atoms with Gasteiger partial charge < -0.3 is 15.5 Å². The van der Waals surface area contributed by atoms with E-state index >= 15 is 0 Å². The van der Waals surface area contributed by atoms with Gasteiger partial charge in [-0.15, -0.1) is 10.2 Å². The van der Waals surface area contributed by atoms with Crippen LogP contribution in [0.4, 0.5) is 26.6 Å². The number of thioether (sulfide) groups is 1. The zero-order valence-corrected chi connectivity index (χ0v) is 18.1. The number of amides is 2. The SMILES string of the molecule is O=C(CCSc1nnc(Nc2cccc(F)c2)s1)Nc1ccc(N2CCCC2=O)cc1. The molecule has 10 heteroatoms. The third-order valence-corrected chi connectivity index (χ3v) is 6.55. The molecule has 7 nitrogen and oxygen atoms in total. The van der Waals surface area contributed by atoms with Crippen LogP contribution in [0.2, 0.25) is 0 Å². The van der Waals surface area contributed by atoms with E-state index in [1.165, 1.54) is 35.2 Å². The van der Waals surface area contributed by atoms with Gasteiger partial charge >= 0.3 is 0 Å². The number of rotatable bonds is 8. The van der Waals surface area contributed by atoms with Crippen LogP contribution in [0.15, 0.2) is 52.9 Å². The highest BCUT2D eigenvalue weighted by molar-refractivity contribution is 8.01. The number of halogens is 1. The molecular formula is C21H20FN5O2S2. The first-order valence-electron chi connectivity index (χ1n) is 9.76. The van der Waals surface area contributed by atoms with Crippen molar-refractivity contribution in [3.63, 3.8) is 0 Å². The molecule has 0 saturated carbocycles. The number of nitrogens with zero attached hydrogens (tertiary/aromatic N) is 3. The molecule has 0 atom stereocenters. The average Bonchev–Trinajstić information content (AvgIpc) is 3.37. The van der Waals surface area contributed by atoms with Crippen molar-refractivity contribution in [1.29, 1.82) is 0 Å². The number of aromatic nitrogens is 2. The summed E-state index contributed by atoms with van der Waals surface area (Å²) in [6, 6.07) is 13.4. The lowest BCUT2D eigenvalue weighted by molar-refractivity contribution is -0.117. The molecule has 2 amide bonds. The Hall–Kier alpha value is -2.98. The van der Waals surface area contributed by atoms with Crippen LogP contribution < -0.4 is 15.5 Å². The maximum Gasteiger partial charge on any atom is 0.227 e. The summed E-state index contributed by atoms with van der Waals surface area (Å²) >= 11 is 2.79. The standard InChI is InChI=1S/C21H20FN5O2S2/c22-14-3-1-4-16(13-14)24-20-25-26-21(31-20)30-12-10-18(28)23-15-6-8-17(9-7-15)27-11-2-5-19(27)29/h1,3-4,6-9,13H,2,5,10-12H2,(H,23,28)(H,24,25). The Bertz CT molecular complexity index is 1070. The van der Waals surface area contributed by atoms with Crippen LogP contribution in [0.1, 0.15) is 19.3 Å². The fourth-order valence-corrected chi connectivity index (χ4v) is 4.89. The number of carbonyl (C=O) groups excluding carboxylic acids is 2. The van der Waals surface area contributed by atoms with Gasteiger partial charge in [0.15, 0.2) is 4.34 Å². The first-order chi connectivity index (χ1) is 15.1. The molecule has 2 aromatic carbocycles. The summed E-state index contributed by atoms with van der Waals surface area (Å²) in [5, 5.41) is 14.6. The van der Waals surface area contributed by atoms with E-state index in [4.69, 9.17) is 0 Å². The van der Waals surface area contributed by atoms with E-state index in [1.807, 2.05) is 12.1 Å². The van der Waals surface area contributed by atoms with E-state index in [9.17, 15) is 14.0 Å². The van der Waals surface area contributed by atoms with Gasteiger partial charge in [-0.05, 0) is 48.9 Å². The summed E-state index contributed by atoms with van der Waals surface area (Å²) in [6.45, 7) is 0.743. The van der Waals surface area contributed by atoms with Crippen molar-refractivity contribution in [1.82, 2.24) is 10.2 Å². The predicted octanol–water partition coefficient (Wildman–Crippen LogP) is 4.67. The quantitative estimate of drug-likeness (QED) is 0.478. The Morgan fingerprint density at radius 3 is 2.74 bits per heavy atom.